The average Bonchev–Trinajstić information content (AvgIpc) is 3.64. The fraction of sp³-hybridized carbons (Fsp3) is 0.607. The van der Waals surface area contributed by atoms with E-state index in [0.717, 1.165) is 20.8 Å². The summed E-state index contributed by atoms with van der Waals surface area (Å²) in [5.74, 6) is -8.82. The van der Waals surface area contributed by atoms with Gasteiger partial charge in [0.1, 0.15) is 66.7 Å². The van der Waals surface area contributed by atoms with Crippen LogP contribution in [0.2, 0.25) is 0 Å². The van der Waals surface area contributed by atoms with E-state index in [4.69, 9.17) is 42.8 Å². The van der Waals surface area contributed by atoms with Gasteiger partial charge >= 0.3 is 32.5 Å². The molecule has 25 heteroatoms. The summed E-state index contributed by atoms with van der Waals surface area (Å²) in [5, 5.41) is 26.5. The summed E-state index contributed by atoms with van der Waals surface area (Å²) in [4.78, 5) is 49.8. The molecule has 8 unspecified atom stereocenters. The fourth-order valence-corrected chi connectivity index (χ4v) is 9.97. The van der Waals surface area contributed by atoms with Gasteiger partial charge in [-0.05, 0) is 12.1 Å². The lowest BCUT2D eigenvalue weighted by atomic mass is 9.86. The van der Waals surface area contributed by atoms with Gasteiger partial charge < -0.3 is 49.3 Å². The Labute approximate surface area is 305 Å². The molecule has 2 aromatic heterocycles. The van der Waals surface area contributed by atoms with Crippen molar-refractivity contribution in [2.75, 3.05) is 26.1 Å². The normalized spacial score (nSPS) is 35.0. The Balaban J connectivity index is 1.31. The van der Waals surface area contributed by atoms with Crippen LogP contribution in [0.4, 0.5) is 10.2 Å². The summed E-state index contributed by atoms with van der Waals surface area (Å²) in [6.45, 7) is -0.0528. The molecule has 3 fully saturated rings. The standard InChI is InChI=1S/C28H37FN4O17P2S/c1-6-27(42-5)23(38)18(46-24(27)16-7-8-17-25(30)31-11-32-33(16)17)10-44-52(41,53)50-51(39,40)49-26-20-22(45-13(3)35)21(37)19(15(29)9-43-12(2)34)28(20,48-26)47-14(4)36/h6-8,11,15,18-24,26,37-38H,1,9-10H2,2-5H3,(H,39,40)(H,41,53)(H2,30,31,32)/t15-,18+,19?,20?,21?,22?,23+,24-,26?,27+,28?,52?/m0/s1. The first kappa shape index (κ1) is 41.1. The van der Waals surface area contributed by atoms with Crippen molar-refractivity contribution < 1.29 is 84.8 Å². The van der Waals surface area contributed by atoms with Gasteiger partial charge in [-0.15, -0.1) is 6.58 Å². The van der Waals surface area contributed by atoms with Crippen LogP contribution in [0.15, 0.2) is 31.1 Å². The second kappa shape index (κ2) is 15.2. The Bertz CT molecular complexity index is 1860. The molecule has 0 bridgehead atoms. The number of esters is 3. The maximum absolute atomic E-state index is 15.5. The number of aliphatic hydroxyl groups excluding tert-OH is 2. The van der Waals surface area contributed by atoms with Crippen LogP contribution in [0, 0.1) is 11.8 Å². The average molecular weight is 815 g/mol. The number of phosphoric ester groups is 1. The molecule has 1 saturated carbocycles. The van der Waals surface area contributed by atoms with Crippen molar-refractivity contribution in [2.45, 2.75) is 75.1 Å². The van der Waals surface area contributed by atoms with E-state index in [-0.39, 0.29) is 5.82 Å². The van der Waals surface area contributed by atoms with Gasteiger partial charge in [0.25, 0.3) is 0 Å². The predicted octanol–water partition coefficient (Wildman–Crippen LogP) is 0.927. The molecule has 1 aliphatic carbocycles. The Morgan fingerprint density at radius 3 is 2.51 bits per heavy atom. The minimum absolute atomic E-state index is 0.149. The molecule has 13 atom stereocenters. The van der Waals surface area contributed by atoms with E-state index in [1.165, 1.54) is 24.0 Å². The van der Waals surface area contributed by atoms with E-state index in [1.54, 1.807) is 12.1 Å². The molecule has 0 spiro atoms. The third-order valence-electron chi connectivity index (χ3n) is 8.85. The Morgan fingerprint density at radius 2 is 1.91 bits per heavy atom. The number of thiol groups is 1. The number of phosphoric acid groups is 1. The largest absolute Gasteiger partial charge is 0.482 e. The third kappa shape index (κ3) is 7.76. The van der Waals surface area contributed by atoms with Crippen LogP contribution in [0.25, 0.3) is 5.52 Å². The number of carbonyl (C=O) groups excluding carboxylic acids is 3. The molecule has 5 N–H and O–H groups in total. The number of methoxy groups -OCH3 is 1. The highest BCUT2D eigenvalue weighted by Crippen LogP contribution is 2.69. The molecule has 0 amide bonds. The summed E-state index contributed by atoms with van der Waals surface area (Å²) in [6, 6.07) is 3.19. The smallest absolute Gasteiger partial charge is 0.463 e. The number of nitrogens with zero attached hydrogens (tertiary/aromatic N) is 3. The molecule has 0 aromatic carbocycles. The monoisotopic (exact) mass is 814 g/mol. The number of hydrogen-bond acceptors (Lipinski definition) is 19. The number of ether oxygens (including phenoxy) is 6. The second-order valence-corrected chi connectivity index (χ2v) is 16.6. The van der Waals surface area contributed by atoms with Gasteiger partial charge in [-0.2, -0.15) is 9.41 Å². The first-order valence-corrected chi connectivity index (χ1v) is 19.7. The number of carbonyl (C=O) groups is 3. The molecule has 2 saturated heterocycles. The van der Waals surface area contributed by atoms with Crippen LogP contribution in [0.3, 0.4) is 0 Å². The number of rotatable bonds is 15. The first-order chi connectivity index (χ1) is 24.7. The molecular weight excluding hydrogens is 777 g/mol. The maximum Gasteiger partial charge on any atom is 0.482 e. The minimum Gasteiger partial charge on any atom is -0.463 e. The third-order valence-corrected chi connectivity index (χ3v) is 12.5. The van der Waals surface area contributed by atoms with E-state index in [1.807, 2.05) is 0 Å². The molecular formula is C28H37FN4O17P2S. The summed E-state index contributed by atoms with van der Waals surface area (Å²) in [5.41, 5.74) is 5.06. The predicted molar refractivity (Wildman–Crippen MR) is 175 cm³/mol. The zero-order valence-corrected chi connectivity index (χ0v) is 31.0. The van der Waals surface area contributed by atoms with Crippen LogP contribution >= 0.6 is 26.9 Å². The number of hydrogen-bond donors (Lipinski definition) is 5. The summed E-state index contributed by atoms with van der Waals surface area (Å²) < 4.78 is 90.3. The topological polar surface area (TPSA) is 285 Å². The molecule has 4 heterocycles. The number of alkyl halides is 1. The van der Waals surface area contributed by atoms with Crippen LogP contribution in [0.1, 0.15) is 32.6 Å². The van der Waals surface area contributed by atoms with Gasteiger partial charge in [-0.25, -0.2) is 23.0 Å². The van der Waals surface area contributed by atoms with Gasteiger partial charge in [0.05, 0.1) is 18.2 Å². The van der Waals surface area contributed by atoms with Crippen molar-refractivity contribution in [2.24, 2.45) is 11.8 Å². The zero-order chi connectivity index (χ0) is 39.3. The van der Waals surface area contributed by atoms with Gasteiger partial charge in [0, 0.05) is 27.9 Å². The number of anilines is 1. The molecule has 53 heavy (non-hydrogen) atoms. The van der Waals surface area contributed by atoms with Crippen molar-refractivity contribution in [3.8, 4) is 0 Å². The van der Waals surface area contributed by atoms with E-state index in [9.17, 15) is 38.6 Å². The molecule has 0 radical (unpaired) electrons. The Hall–Kier alpha value is -3.05. The molecule has 2 aliphatic heterocycles. The van der Waals surface area contributed by atoms with Gasteiger partial charge in [-0.1, -0.05) is 18.3 Å². The molecule has 5 rings (SSSR count). The molecule has 2 aromatic rings. The number of halogens is 1. The van der Waals surface area contributed by atoms with Crippen LogP contribution in [-0.4, -0.2) is 116 Å². The lowest BCUT2D eigenvalue weighted by Gasteiger charge is -2.51. The highest BCUT2D eigenvalue weighted by Gasteiger charge is 2.78. The number of aliphatic hydroxyl groups is 2. The molecule has 21 nitrogen and oxygen atoms in total. The van der Waals surface area contributed by atoms with Crippen molar-refractivity contribution in [3.63, 3.8) is 0 Å². The van der Waals surface area contributed by atoms with E-state index < -0.39 is 112 Å². The van der Waals surface area contributed by atoms with Crippen molar-refractivity contribution in [1.82, 2.24) is 14.6 Å². The van der Waals surface area contributed by atoms with Crippen LogP contribution < -0.4 is 5.73 Å². The Morgan fingerprint density at radius 1 is 1.21 bits per heavy atom. The highest BCUT2D eigenvalue weighted by atomic mass is 32.7. The Kier molecular flexibility index (Phi) is 11.8. The first-order valence-electron chi connectivity index (χ1n) is 15.5. The van der Waals surface area contributed by atoms with Gasteiger partial charge in [0.15, 0.2) is 12.1 Å². The summed E-state index contributed by atoms with van der Waals surface area (Å²) >= 11 is 3.74. The van der Waals surface area contributed by atoms with E-state index in [2.05, 4.69) is 33.6 Å². The zero-order valence-electron chi connectivity index (χ0n) is 28.3. The lowest BCUT2D eigenvalue weighted by Crippen LogP contribution is -2.66. The molecule has 3 aliphatic rings. The van der Waals surface area contributed by atoms with Crippen molar-refractivity contribution in [1.29, 1.82) is 0 Å². The van der Waals surface area contributed by atoms with Gasteiger partial charge in [0.2, 0.25) is 5.79 Å². The van der Waals surface area contributed by atoms with Crippen LogP contribution in [0.5, 0.6) is 0 Å². The minimum atomic E-state index is -5.58. The SMILES string of the molecule is C=C[C@@]1(OC)[C@H](O)[C@@H](COP(=O)(S)OP(=O)(O)OC2OC3(OC(C)=O)C2C(OC(C)=O)C(O)C3[C@@H](F)COC(C)=O)O[C@H]1c1ccc2c(N)ncnn12. The number of aromatic nitrogens is 3. The summed E-state index contributed by atoms with van der Waals surface area (Å²) in [7, 11) is -4.31. The number of fused-ring (bicyclic) bond motifs is 2. The fourth-order valence-electron chi connectivity index (χ4n) is 6.78. The van der Waals surface area contributed by atoms with E-state index in [0.29, 0.717) is 11.2 Å². The lowest BCUT2D eigenvalue weighted by molar-refractivity contribution is -0.425. The van der Waals surface area contributed by atoms with Gasteiger partial charge in [-0.3, -0.25) is 23.4 Å². The van der Waals surface area contributed by atoms with Crippen molar-refractivity contribution in [3.05, 3.63) is 36.8 Å². The van der Waals surface area contributed by atoms with Crippen molar-refractivity contribution >= 4 is 56.1 Å². The van der Waals surface area contributed by atoms with E-state index >= 15 is 4.39 Å². The maximum atomic E-state index is 15.5. The van der Waals surface area contributed by atoms with Crippen LogP contribution in [-0.2, 0) is 65.3 Å². The quantitative estimate of drug-likeness (QED) is 0.0549. The highest BCUT2D eigenvalue weighted by molar-refractivity contribution is 8.45. The number of nitrogens with two attached hydrogens (primary N) is 1. The summed E-state index contributed by atoms with van der Waals surface area (Å²) in [6.07, 6.45) is -9.62. The number of nitrogen functional groups attached to an aromatic ring is 1. The second-order valence-electron chi connectivity index (χ2n) is 12.1. The molecule has 294 valence electrons.